The number of benzene rings is 3. The largest absolute Gasteiger partial charge is 0.392 e. The number of ether oxygens (including phenoxy) is 4. The first kappa shape index (κ1) is 29.9. The number of amides is 1. The maximum atomic E-state index is 11.4. The summed E-state index contributed by atoms with van der Waals surface area (Å²) in [5.74, 6) is -0.342. The maximum absolute atomic E-state index is 11.4. The summed E-state index contributed by atoms with van der Waals surface area (Å²) in [6.45, 7) is 8.19. The molecule has 0 radical (unpaired) electrons. The van der Waals surface area contributed by atoms with Gasteiger partial charge in [-0.15, -0.1) is 0 Å². The van der Waals surface area contributed by atoms with E-state index in [0.29, 0.717) is 19.8 Å². The molecule has 8 heteroatoms. The van der Waals surface area contributed by atoms with Crippen molar-refractivity contribution in [3.63, 3.8) is 0 Å². The Morgan fingerprint density at radius 1 is 0.907 bits per heavy atom. The van der Waals surface area contributed by atoms with Crippen LogP contribution in [0.25, 0.3) is 11.1 Å². The number of rotatable bonds is 8. The van der Waals surface area contributed by atoms with Crippen molar-refractivity contribution in [1.29, 1.82) is 0 Å². The summed E-state index contributed by atoms with van der Waals surface area (Å²) in [6.07, 6.45) is 0.972. The number of likely N-dealkylation sites (tertiary alicyclic amines) is 1. The lowest BCUT2D eigenvalue weighted by Crippen LogP contribution is -2.50. The van der Waals surface area contributed by atoms with Crippen LogP contribution in [0.4, 0.5) is 0 Å². The number of carbonyl (C=O) groups is 1. The Kier molecular flexibility index (Phi) is 9.23. The van der Waals surface area contributed by atoms with Crippen LogP contribution in [-0.2, 0) is 36.9 Å². The van der Waals surface area contributed by atoms with E-state index in [1.807, 2.05) is 30.3 Å². The Morgan fingerprint density at radius 3 is 2.30 bits per heavy atom. The van der Waals surface area contributed by atoms with Crippen molar-refractivity contribution in [3.8, 4) is 11.1 Å². The fraction of sp³-hybridized carbons (Fsp3) is 0.457. The molecule has 3 aliphatic rings. The Morgan fingerprint density at radius 2 is 1.60 bits per heavy atom. The van der Waals surface area contributed by atoms with Gasteiger partial charge in [-0.25, -0.2) is 0 Å². The van der Waals surface area contributed by atoms with E-state index >= 15 is 0 Å². The van der Waals surface area contributed by atoms with Gasteiger partial charge < -0.3 is 34.3 Å². The van der Waals surface area contributed by atoms with E-state index in [-0.39, 0.29) is 30.6 Å². The normalized spacial score (nSPS) is 25.6. The molecule has 3 fully saturated rings. The van der Waals surface area contributed by atoms with Gasteiger partial charge >= 0.3 is 0 Å². The van der Waals surface area contributed by atoms with Gasteiger partial charge in [0.1, 0.15) is 0 Å². The molecule has 3 heterocycles. The third-order valence-electron chi connectivity index (χ3n) is 8.95. The van der Waals surface area contributed by atoms with Gasteiger partial charge in [0, 0.05) is 57.4 Å². The van der Waals surface area contributed by atoms with Crippen LogP contribution in [0.2, 0.25) is 0 Å². The molecule has 0 bridgehead atoms. The fourth-order valence-corrected chi connectivity index (χ4v) is 6.40. The molecule has 3 aliphatic heterocycles. The van der Waals surface area contributed by atoms with Crippen LogP contribution >= 0.6 is 0 Å². The van der Waals surface area contributed by atoms with E-state index in [4.69, 9.17) is 18.9 Å². The number of aliphatic hydroxyl groups excluding tert-OH is 1. The number of hydrogen-bond acceptors (Lipinski definition) is 7. The average molecular weight is 587 g/mol. The summed E-state index contributed by atoms with van der Waals surface area (Å²) in [7, 11) is 0. The van der Waals surface area contributed by atoms with Crippen molar-refractivity contribution in [2.45, 2.75) is 64.1 Å². The van der Waals surface area contributed by atoms with Crippen LogP contribution in [0.1, 0.15) is 61.3 Å². The number of aliphatic hydroxyl groups is 1. The standard InChI is InChI=1S/C35H42N2O6/c1-24-32(22-37-15-13-35(14-16-37)40-17-18-41-35)42-34(43-33(24)28-11-9-26(23-38)10-12-28)31-8-4-7-30(20-31)29-6-3-5-27(19-29)21-36-25(2)39/h3-12,19-20,24,32-34,38H,13-18,21-23H2,1-2H3,(H,36,39)/t24-,32+,33+,34+/m0/s1. The highest BCUT2D eigenvalue weighted by molar-refractivity contribution is 5.73. The molecule has 0 saturated carbocycles. The molecular weight excluding hydrogens is 544 g/mol. The lowest BCUT2D eigenvalue weighted by Gasteiger charge is -2.44. The van der Waals surface area contributed by atoms with Gasteiger partial charge in [-0.1, -0.05) is 67.6 Å². The minimum Gasteiger partial charge on any atom is -0.392 e. The highest BCUT2D eigenvalue weighted by Crippen LogP contribution is 2.43. The first-order chi connectivity index (χ1) is 20.9. The van der Waals surface area contributed by atoms with Gasteiger partial charge in [-0.2, -0.15) is 0 Å². The third-order valence-corrected chi connectivity index (χ3v) is 8.95. The van der Waals surface area contributed by atoms with Crippen molar-refractivity contribution in [2.75, 3.05) is 32.8 Å². The van der Waals surface area contributed by atoms with Crippen molar-refractivity contribution in [3.05, 3.63) is 95.1 Å². The van der Waals surface area contributed by atoms with E-state index in [1.165, 1.54) is 6.92 Å². The minimum absolute atomic E-state index is 0.0123. The summed E-state index contributed by atoms with van der Waals surface area (Å²) in [5.41, 5.74) is 6.09. The zero-order chi connectivity index (χ0) is 29.8. The number of hydrogen-bond donors (Lipinski definition) is 2. The van der Waals surface area contributed by atoms with Gasteiger partial charge in [0.25, 0.3) is 0 Å². The van der Waals surface area contributed by atoms with E-state index in [1.54, 1.807) is 0 Å². The predicted molar refractivity (Wildman–Crippen MR) is 163 cm³/mol. The summed E-state index contributed by atoms with van der Waals surface area (Å²) < 4.78 is 25.4. The first-order valence-corrected chi connectivity index (χ1v) is 15.4. The second kappa shape index (κ2) is 13.3. The summed E-state index contributed by atoms with van der Waals surface area (Å²) in [6, 6.07) is 24.6. The highest BCUT2D eigenvalue weighted by atomic mass is 16.7. The molecule has 3 saturated heterocycles. The van der Waals surface area contributed by atoms with Crippen molar-refractivity contribution >= 4 is 5.91 Å². The van der Waals surface area contributed by atoms with Crippen molar-refractivity contribution in [2.24, 2.45) is 5.92 Å². The zero-order valence-corrected chi connectivity index (χ0v) is 25.0. The molecule has 6 rings (SSSR count). The van der Waals surface area contributed by atoms with Crippen LogP contribution < -0.4 is 5.32 Å². The molecule has 0 unspecified atom stereocenters. The predicted octanol–water partition coefficient (Wildman–Crippen LogP) is 5.11. The summed E-state index contributed by atoms with van der Waals surface area (Å²) in [4.78, 5) is 13.9. The quantitative estimate of drug-likeness (QED) is 0.379. The van der Waals surface area contributed by atoms with Gasteiger partial charge in [0.2, 0.25) is 5.91 Å². The number of nitrogens with zero attached hydrogens (tertiary/aromatic N) is 1. The highest BCUT2D eigenvalue weighted by Gasteiger charge is 2.43. The van der Waals surface area contributed by atoms with E-state index in [9.17, 15) is 9.90 Å². The Hall–Kier alpha value is -3.11. The van der Waals surface area contributed by atoms with Gasteiger partial charge in [-0.05, 0) is 39.9 Å². The number of piperidine rings is 1. The SMILES string of the molecule is CC(=O)NCc1cccc(-c2cccc([C@@H]3O[C@H](CN4CCC5(CC4)OCCO5)[C@H](C)[C@H](c4ccc(CO)cc4)O3)c2)c1. The van der Waals surface area contributed by atoms with Gasteiger partial charge in [-0.3, -0.25) is 4.79 Å². The lowest BCUT2D eigenvalue weighted by molar-refractivity contribution is -0.278. The minimum atomic E-state index is -0.538. The van der Waals surface area contributed by atoms with E-state index in [0.717, 1.165) is 65.9 Å². The molecule has 3 aromatic rings. The zero-order valence-electron chi connectivity index (χ0n) is 25.0. The average Bonchev–Trinajstić information content (AvgIpc) is 3.50. The van der Waals surface area contributed by atoms with E-state index in [2.05, 4.69) is 59.6 Å². The molecule has 2 N–H and O–H groups in total. The topological polar surface area (TPSA) is 89.5 Å². The van der Waals surface area contributed by atoms with Crippen LogP contribution in [0, 0.1) is 5.92 Å². The van der Waals surface area contributed by atoms with Crippen LogP contribution in [0.5, 0.6) is 0 Å². The first-order valence-electron chi connectivity index (χ1n) is 15.4. The van der Waals surface area contributed by atoms with Crippen LogP contribution in [-0.4, -0.2) is 60.7 Å². The molecule has 0 aliphatic carbocycles. The molecule has 1 spiro atoms. The van der Waals surface area contributed by atoms with Crippen LogP contribution in [0.3, 0.4) is 0 Å². The fourth-order valence-electron chi connectivity index (χ4n) is 6.40. The molecule has 4 atom stereocenters. The number of carbonyl (C=O) groups excluding carboxylic acids is 1. The summed E-state index contributed by atoms with van der Waals surface area (Å²) in [5, 5.41) is 12.5. The molecule has 1 amide bonds. The Balaban J connectivity index is 1.23. The smallest absolute Gasteiger partial charge is 0.217 e. The summed E-state index contributed by atoms with van der Waals surface area (Å²) >= 11 is 0. The monoisotopic (exact) mass is 586 g/mol. The second-order valence-electron chi connectivity index (χ2n) is 12.0. The number of nitrogens with one attached hydrogen (secondary N) is 1. The molecule has 0 aromatic heterocycles. The van der Waals surface area contributed by atoms with Crippen LogP contribution in [0.15, 0.2) is 72.8 Å². The van der Waals surface area contributed by atoms with E-state index < -0.39 is 12.1 Å². The second-order valence-corrected chi connectivity index (χ2v) is 12.0. The Bertz CT molecular complexity index is 1380. The van der Waals surface area contributed by atoms with Crippen molar-refractivity contribution < 1.29 is 28.8 Å². The molecule has 228 valence electrons. The van der Waals surface area contributed by atoms with Gasteiger partial charge in [0.05, 0.1) is 32.0 Å². The molecule has 3 aromatic carbocycles. The Labute approximate surface area is 253 Å². The molecule has 8 nitrogen and oxygen atoms in total. The van der Waals surface area contributed by atoms with Crippen molar-refractivity contribution in [1.82, 2.24) is 10.2 Å². The third kappa shape index (κ3) is 7.01. The molecule has 43 heavy (non-hydrogen) atoms. The maximum Gasteiger partial charge on any atom is 0.217 e. The molecular formula is C35H42N2O6. The van der Waals surface area contributed by atoms with Gasteiger partial charge in [0.15, 0.2) is 12.1 Å². The lowest BCUT2D eigenvalue weighted by atomic mass is 9.89.